The monoisotopic (exact) mass is 497 g/mol. The predicted octanol–water partition coefficient (Wildman–Crippen LogP) is 6.64. The molecule has 4 heteroatoms. The zero-order valence-electron chi connectivity index (χ0n) is 22.7. The van der Waals surface area contributed by atoms with Crippen LogP contribution in [-0.2, 0) is 14.3 Å². The summed E-state index contributed by atoms with van der Waals surface area (Å²) in [5.74, 6) is 0.357. The van der Waals surface area contributed by atoms with Gasteiger partial charge in [-0.05, 0) is 70.5 Å². The van der Waals surface area contributed by atoms with E-state index in [9.17, 15) is 4.79 Å². The van der Waals surface area contributed by atoms with Crippen LogP contribution in [0.1, 0.15) is 55.4 Å². The molecule has 0 aliphatic carbocycles. The van der Waals surface area contributed by atoms with Crippen LogP contribution >= 0.6 is 0 Å². The molecule has 0 spiro atoms. The Bertz CT molecular complexity index is 1160. The lowest BCUT2D eigenvalue weighted by molar-refractivity contribution is -0.113. The van der Waals surface area contributed by atoms with Crippen LogP contribution in [0.25, 0.3) is 6.08 Å². The van der Waals surface area contributed by atoms with Crippen molar-refractivity contribution in [2.45, 2.75) is 58.0 Å². The first-order valence-corrected chi connectivity index (χ1v) is 13.1. The maximum absolute atomic E-state index is 12.4. The Labute approximate surface area is 221 Å². The van der Waals surface area contributed by atoms with Crippen molar-refractivity contribution in [3.8, 4) is 0 Å². The van der Waals surface area contributed by atoms with E-state index >= 15 is 0 Å². The summed E-state index contributed by atoms with van der Waals surface area (Å²) in [4.78, 5) is 14.7. The van der Waals surface area contributed by atoms with Gasteiger partial charge in [-0.25, -0.2) is 0 Å². The van der Waals surface area contributed by atoms with E-state index in [0.717, 1.165) is 30.6 Å². The molecule has 1 aliphatic heterocycles. The summed E-state index contributed by atoms with van der Waals surface area (Å²) in [7, 11) is 2.14. The zero-order valence-corrected chi connectivity index (χ0v) is 22.7. The van der Waals surface area contributed by atoms with Gasteiger partial charge in [0.2, 0.25) is 0 Å². The molecule has 0 N–H and O–H groups in total. The average Bonchev–Trinajstić information content (AvgIpc) is 3.61. The Morgan fingerprint density at radius 1 is 1.00 bits per heavy atom. The summed E-state index contributed by atoms with van der Waals surface area (Å²) in [6.45, 7) is 9.51. The van der Waals surface area contributed by atoms with Gasteiger partial charge in [0.15, 0.2) is 12.1 Å². The fourth-order valence-electron chi connectivity index (χ4n) is 5.06. The third-order valence-corrected chi connectivity index (χ3v) is 6.82. The Morgan fingerprint density at radius 2 is 1.62 bits per heavy atom. The molecular formula is C33H39NO3. The number of carbonyl (C=O) groups excluding carboxylic acids is 1. The standard InChI is InChI=1S/C33H39NO3/c1-24-13-12-14-26(21-24)22-30(25(2)35)31-32(36-31)37-33(3,4)23-34(5)20-19-29(27-15-8-6-9-16-27)28-17-10-7-11-18-28/h6-18,21-22,29,31-32H,19-20,23H2,1-5H3/b30-22+. The highest BCUT2D eigenvalue weighted by molar-refractivity contribution is 5.99. The first-order chi connectivity index (χ1) is 17.7. The third kappa shape index (κ3) is 7.72. The average molecular weight is 498 g/mol. The summed E-state index contributed by atoms with van der Waals surface area (Å²) < 4.78 is 12.2. The molecule has 37 heavy (non-hydrogen) atoms. The van der Waals surface area contributed by atoms with Gasteiger partial charge in [0.25, 0.3) is 0 Å². The minimum atomic E-state index is -0.422. The molecular weight excluding hydrogens is 458 g/mol. The number of benzene rings is 3. The van der Waals surface area contributed by atoms with E-state index in [1.807, 2.05) is 31.2 Å². The van der Waals surface area contributed by atoms with Gasteiger partial charge in [0, 0.05) is 18.0 Å². The molecule has 2 unspecified atom stereocenters. The van der Waals surface area contributed by atoms with Crippen LogP contribution in [0.2, 0.25) is 0 Å². The number of hydrogen-bond donors (Lipinski definition) is 0. The van der Waals surface area contributed by atoms with Crippen molar-refractivity contribution in [2.24, 2.45) is 0 Å². The molecule has 1 heterocycles. The van der Waals surface area contributed by atoms with E-state index in [4.69, 9.17) is 9.47 Å². The van der Waals surface area contributed by atoms with E-state index in [2.05, 4.69) is 92.5 Å². The fraction of sp³-hybridized carbons (Fsp3) is 0.364. The van der Waals surface area contributed by atoms with Crippen LogP contribution in [0.15, 0.2) is 90.5 Å². The Morgan fingerprint density at radius 3 is 2.19 bits per heavy atom. The van der Waals surface area contributed by atoms with Crippen LogP contribution < -0.4 is 0 Å². The molecule has 0 aromatic heterocycles. The molecule has 0 radical (unpaired) electrons. The number of rotatable bonds is 12. The molecule has 2 atom stereocenters. The number of ether oxygens (including phenoxy) is 2. The number of carbonyl (C=O) groups is 1. The van der Waals surface area contributed by atoms with Crippen LogP contribution in [0.5, 0.6) is 0 Å². The van der Waals surface area contributed by atoms with Crippen LogP contribution in [0.3, 0.4) is 0 Å². The first-order valence-electron chi connectivity index (χ1n) is 13.1. The highest BCUT2D eigenvalue weighted by Gasteiger charge is 2.47. The maximum Gasteiger partial charge on any atom is 0.189 e. The van der Waals surface area contributed by atoms with Crippen molar-refractivity contribution in [1.82, 2.24) is 4.90 Å². The van der Waals surface area contributed by atoms with E-state index in [1.54, 1.807) is 6.92 Å². The minimum absolute atomic E-state index is 0.0143. The zero-order chi connectivity index (χ0) is 26.4. The molecule has 0 saturated carbocycles. The van der Waals surface area contributed by atoms with Crippen molar-refractivity contribution >= 4 is 11.9 Å². The topological polar surface area (TPSA) is 42.1 Å². The SMILES string of the molecule is CC(=O)/C(=C\c1cccc(C)c1)C1OC1OC(C)(C)CN(C)CCC(c1ccccc1)c1ccccc1. The van der Waals surface area contributed by atoms with E-state index in [1.165, 1.54) is 11.1 Å². The summed E-state index contributed by atoms with van der Waals surface area (Å²) in [6.07, 6.45) is 2.22. The van der Waals surface area contributed by atoms with Crippen LogP contribution in [-0.4, -0.2) is 48.8 Å². The van der Waals surface area contributed by atoms with Crippen molar-refractivity contribution in [1.29, 1.82) is 0 Å². The predicted molar refractivity (Wildman–Crippen MR) is 151 cm³/mol. The molecule has 3 aromatic carbocycles. The number of ketones is 1. The summed E-state index contributed by atoms with van der Waals surface area (Å²) in [5.41, 5.74) is 5.08. The van der Waals surface area contributed by atoms with Crippen molar-refractivity contribution in [3.05, 3.63) is 113 Å². The van der Waals surface area contributed by atoms with Gasteiger partial charge in [0.05, 0.1) is 5.60 Å². The fourth-order valence-corrected chi connectivity index (χ4v) is 5.06. The molecule has 1 fully saturated rings. The number of aryl methyl sites for hydroxylation is 1. The van der Waals surface area contributed by atoms with Gasteiger partial charge >= 0.3 is 0 Å². The van der Waals surface area contributed by atoms with Crippen LogP contribution in [0.4, 0.5) is 0 Å². The van der Waals surface area contributed by atoms with Crippen molar-refractivity contribution in [2.75, 3.05) is 20.1 Å². The highest BCUT2D eigenvalue weighted by Crippen LogP contribution is 2.35. The quantitative estimate of drug-likeness (QED) is 0.208. The number of likely N-dealkylation sites (N-methyl/N-ethyl adjacent to an activating group) is 1. The molecule has 0 bridgehead atoms. The van der Waals surface area contributed by atoms with E-state index < -0.39 is 11.9 Å². The summed E-state index contributed by atoms with van der Waals surface area (Å²) in [5, 5.41) is 0. The first kappa shape index (κ1) is 27.0. The Hall–Kier alpha value is -3.05. The third-order valence-electron chi connectivity index (χ3n) is 6.82. The second-order valence-corrected chi connectivity index (χ2v) is 10.8. The Kier molecular flexibility index (Phi) is 8.75. The van der Waals surface area contributed by atoms with E-state index in [-0.39, 0.29) is 11.9 Å². The van der Waals surface area contributed by atoms with E-state index in [0.29, 0.717) is 11.5 Å². The molecule has 3 aromatic rings. The molecule has 0 amide bonds. The molecule has 194 valence electrons. The lowest BCUT2D eigenvalue weighted by atomic mass is 9.88. The number of epoxide rings is 1. The number of hydrogen-bond acceptors (Lipinski definition) is 4. The van der Waals surface area contributed by atoms with Gasteiger partial charge in [-0.3, -0.25) is 4.79 Å². The molecule has 1 aliphatic rings. The summed E-state index contributed by atoms with van der Waals surface area (Å²) in [6, 6.07) is 29.6. The minimum Gasteiger partial charge on any atom is -0.342 e. The second-order valence-electron chi connectivity index (χ2n) is 10.8. The maximum atomic E-state index is 12.4. The van der Waals surface area contributed by atoms with Gasteiger partial charge < -0.3 is 14.4 Å². The number of nitrogens with zero attached hydrogens (tertiary/aromatic N) is 1. The van der Waals surface area contributed by atoms with Gasteiger partial charge in [-0.2, -0.15) is 0 Å². The normalized spacial score (nSPS) is 17.9. The number of Topliss-reactive ketones (excluding diaryl/α,β-unsaturated/α-hetero) is 1. The lowest BCUT2D eigenvalue weighted by Gasteiger charge is -2.31. The summed E-state index contributed by atoms with van der Waals surface area (Å²) >= 11 is 0. The van der Waals surface area contributed by atoms with Gasteiger partial charge in [0.1, 0.15) is 6.10 Å². The Balaban J connectivity index is 1.35. The molecule has 1 saturated heterocycles. The van der Waals surface area contributed by atoms with Crippen LogP contribution in [0, 0.1) is 6.92 Å². The largest absolute Gasteiger partial charge is 0.342 e. The smallest absolute Gasteiger partial charge is 0.189 e. The van der Waals surface area contributed by atoms with Crippen molar-refractivity contribution < 1.29 is 14.3 Å². The highest BCUT2D eigenvalue weighted by atomic mass is 16.8. The molecule has 4 rings (SSSR count). The molecule has 4 nitrogen and oxygen atoms in total. The van der Waals surface area contributed by atoms with Gasteiger partial charge in [-0.15, -0.1) is 0 Å². The van der Waals surface area contributed by atoms with Crippen molar-refractivity contribution in [3.63, 3.8) is 0 Å². The van der Waals surface area contributed by atoms with Gasteiger partial charge in [-0.1, -0.05) is 90.5 Å². The second kappa shape index (κ2) is 12.0. The lowest BCUT2D eigenvalue weighted by Crippen LogP contribution is -2.40.